The van der Waals surface area contributed by atoms with Crippen LogP contribution in [0.3, 0.4) is 0 Å². The predicted molar refractivity (Wildman–Crippen MR) is 198 cm³/mol. The Bertz CT molecular complexity index is 2300. The number of benzene rings is 7. The summed E-state index contributed by atoms with van der Waals surface area (Å²) in [5, 5.41) is 0. The molecule has 0 spiro atoms. The van der Waals surface area contributed by atoms with Gasteiger partial charge in [-0.1, -0.05) is 176 Å². The van der Waals surface area contributed by atoms with E-state index in [2.05, 4.69) is 164 Å². The first-order valence-corrected chi connectivity index (χ1v) is 16.1. The molecule has 0 bridgehead atoms. The van der Waals surface area contributed by atoms with Crippen LogP contribution < -0.4 is 0 Å². The summed E-state index contributed by atoms with van der Waals surface area (Å²) in [5.41, 5.74) is 11.8. The van der Waals surface area contributed by atoms with Crippen molar-refractivity contribution in [3.63, 3.8) is 0 Å². The van der Waals surface area contributed by atoms with Crippen molar-refractivity contribution < 1.29 is 0 Å². The molecule has 3 heteroatoms. The van der Waals surface area contributed by atoms with Crippen LogP contribution in [0.25, 0.3) is 78.7 Å². The molecule has 0 radical (unpaired) electrons. The summed E-state index contributed by atoms with van der Waals surface area (Å²) in [6.07, 6.45) is 0. The van der Waals surface area contributed by atoms with E-state index in [4.69, 9.17) is 15.0 Å². The van der Waals surface area contributed by atoms with Crippen LogP contribution in [0, 0.1) is 0 Å². The number of aromatic nitrogens is 3. The highest BCUT2D eigenvalue weighted by molar-refractivity contribution is 5.86. The van der Waals surface area contributed by atoms with E-state index in [0.717, 1.165) is 55.6 Å². The molecule has 1 heterocycles. The minimum absolute atomic E-state index is 0.629. The van der Waals surface area contributed by atoms with Crippen LogP contribution in [-0.2, 0) is 0 Å². The zero-order valence-corrected chi connectivity index (χ0v) is 26.2. The third-order valence-electron chi connectivity index (χ3n) is 8.57. The molecular weight excluding hydrogens is 583 g/mol. The summed E-state index contributed by atoms with van der Waals surface area (Å²) in [6, 6.07) is 65.2. The molecule has 0 fully saturated rings. The van der Waals surface area contributed by atoms with E-state index in [0.29, 0.717) is 17.5 Å². The second-order valence-corrected chi connectivity index (χ2v) is 11.7. The topological polar surface area (TPSA) is 38.7 Å². The molecule has 226 valence electrons. The standard InChI is InChI=1S/C45H31N3/c1-5-14-32(15-6-1)35-24-26-37(27-25-35)43-46-44(40-23-13-22-38(30-40)33-16-7-2-8-17-33)48-45(47-43)42-31-39(34-18-9-3-10-19-34)28-29-41(42)36-20-11-4-12-21-36/h1-31H. The monoisotopic (exact) mass is 613 g/mol. The van der Waals surface area contributed by atoms with Crippen LogP contribution in [-0.4, -0.2) is 15.0 Å². The number of hydrogen-bond donors (Lipinski definition) is 0. The van der Waals surface area contributed by atoms with Crippen molar-refractivity contribution in [2.24, 2.45) is 0 Å². The fourth-order valence-electron chi connectivity index (χ4n) is 6.07. The van der Waals surface area contributed by atoms with Crippen LogP contribution >= 0.6 is 0 Å². The van der Waals surface area contributed by atoms with Gasteiger partial charge in [0.2, 0.25) is 0 Å². The molecule has 8 aromatic rings. The van der Waals surface area contributed by atoms with Crippen LogP contribution in [0.4, 0.5) is 0 Å². The summed E-state index contributed by atoms with van der Waals surface area (Å²) in [6.45, 7) is 0. The first kappa shape index (κ1) is 29.0. The van der Waals surface area contributed by atoms with Gasteiger partial charge in [0.05, 0.1) is 0 Å². The molecule has 0 atom stereocenters. The Balaban J connectivity index is 1.33. The Morgan fingerprint density at radius 3 is 1.17 bits per heavy atom. The minimum Gasteiger partial charge on any atom is -0.208 e. The Morgan fingerprint density at radius 2 is 0.583 bits per heavy atom. The second-order valence-electron chi connectivity index (χ2n) is 11.7. The average molecular weight is 614 g/mol. The van der Waals surface area contributed by atoms with Gasteiger partial charge in [-0.2, -0.15) is 0 Å². The van der Waals surface area contributed by atoms with Crippen LogP contribution in [0.15, 0.2) is 188 Å². The largest absolute Gasteiger partial charge is 0.208 e. The summed E-state index contributed by atoms with van der Waals surface area (Å²) in [5.74, 6) is 1.89. The van der Waals surface area contributed by atoms with E-state index in [1.165, 1.54) is 5.56 Å². The highest BCUT2D eigenvalue weighted by atomic mass is 15.0. The SMILES string of the molecule is c1ccc(-c2ccc(-c3nc(-c4cccc(-c5ccccc5)c4)nc(-c4cc(-c5ccccc5)ccc4-c4ccccc4)n3)cc2)cc1. The van der Waals surface area contributed by atoms with E-state index in [1.807, 2.05) is 24.3 Å². The van der Waals surface area contributed by atoms with Crippen molar-refractivity contribution in [3.05, 3.63) is 188 Å². The lowest BCUT2D eigenvalue weighted by atomic mass is 9.94. The predicted octanol–water partition coefficient (Wildman–Crippen LogP) is 11.5. The lowest BCUT2D eigenvalue weighted by molar-refractivity contribution is 1.07. The van der Waals surface area contributed by atoms with Gasteiger partial charge in [0.1, 0.15) is 0 Å². The molecule has 0 N–H and O–H groups in total. The number of rotatable bonds is 7. The first-order chi connectivity index (χ1) is 23.8. The quantitative estimate of drug-likeness (QED) is 0.179. The van der Waals surface area contributed by atoms with E-state index < -0.39 is 0 Å². The van der Waals surface area contributed by atoms with Crippen molar-refractivity contribution in [1.29, 1.82) is 0 Å². The van der Waals surface area contributed by atoms with E-state index in [-0.39, 0.29) is 0 Å². The molecule has 48 heavy (non-hydrogen) atoms. The van der Waals surface area contributed by atoms with Gasteiger partial charge >= 0.3 is 0 Å². The smallest absolute Gasteiger partial charge is 0.164 e. The molecule has 8 rings (SSSR count). The average Bonchev–Trinajstić information content (AvgIpc) is 3.19. The molecule has 0 saturated carbocycles. The third kappa shape index (κ3) is 6.05. The van der Waals surface area contributed by atoms with E-state index >= 15 is 0 Å². The molecular formula is C45H31N3. The summed E-state index contributed by atoms with van der Waals surface area (Å²) in [7, 11) is 0. The van der Waals surface area contributed by atoms with Crippen molar-refractivity contribution in [3.8, 4) is 78.7 Å². The third-order valence-corrected chi connectivity index (χ3v) is 8.57. The zero-order chi connectivity index (χ0) is 32.1. The van der Waals surface area contributed by atoms with Crippen LogP contribution in [0.1, 0.15) is 0 Å². The lowest BCUT2D eigenvalue weighted by Gasteiger charge is -2.14. The summed E-state index contributed by atoms with van der Waals surface area (Å²) >= 11 is 0. The van der Waals surface area contributed by atoms with Crippen LogP contribution in [0.5, 0.6) is 0 Å². The van der Waals surface area contributed by atoms with Gasteiger partial charge in [-0.3, -0.25) is 0 Å². The van der Waals surface area contributed by atoms with Gasteiger partial charge in [-0.15, -0.1) is 0 Å². The zero-order valence-electron chi connectivity index (χ0n) is 26.2. The van der Waals surface area contributed by atoms with Crippen molar-refractivity contribution >= 4 is 0 Å². The fraction of sp³-hybridized carbons (Fsp3) is 0. The van der Waals surface area contributed by atoms with Gasteiger partial charge in [0.15, 0.2) is 17.5 Å². The van der Waals surface area contributed by atoms with Gasteiger partial charge in [0.25, 0.3) is 0 Å². The molecule has 1 aromatic heterocycles. The molecule has 0 aliphatic heterocycles. The summed E-state index contributed by atoms with van der Waals surface area (Å²) < 4.78 is 0. The van der Waals surface area contributed by atoms with Crippen LogP contribution in [0.2, 0.25) is 0 Å². The Hall–Kier alpha value is -6.45. The molecule has 3 nitrogen and oxygen atoms in total. The molecule has 0 aliphatic rings. The van der Waals surface area contributed by atoms with E-state index in [1.54, 1.807) is 0 Å². The van der Waals surface area contributed by atoms with E-state index in [9.17, 15) is 0 Å². The Labute approximate surface area is 280 Å². The minimum atomic E-state index is 0.629. The Morgan fingerprint density at radius 1 is 0.208 bits per heavy atom. The molecule has 0 amide bonds. The maximum Gasteiger partial charge on any atom is 0.164 e. The second kappa shape index (κ2) is 13.1. The lowest BCUT2D eigenvalue weighted by Crippen LogP contribution is -2.01. The normalized spacial score (nSPS) is 10.9. The van der Waals surface area contributed by atoms with Crippen molar-refractivity contribution in [2.45, 2.75) is 0 Å². The van der Waals surface area contributed by atoms with Crippen molar-refractivity contribution in [1.82, 2.24) is 15.0 Å². The van der Waals surface area contributed by atoms with Gasteiger partial charge < -0.3 is 0 Å². The molecule has 0 unspecified atom stereocenters. The first-order valence-electron chi connectivity index (χ1n) is 16.1. The summed E-state index contributed by atoms with van der Waals surface area (Å²) in [4.78, 5) is 15.5. The highest BCUT2D eigenvalue weighted by Crippen LogP contribution is 2.36. The van der Waals surface area contributed by atoms with Gasteiger partial charge in [-0.25, -0.2) is 15.0 Å². The highest BCUT2D eigenvalue weighted by Gasteiger charge is 2.17. The van der Waals surface area contributed by atoms with Gasteiger partial charge in [0, 0.05) is 16.7 Å². The molecule has 0 saturated heterocycles. The van der Waals surface area contributed by atoms with Gasteiger partial charge in [-0.05, 0) is 56.6 Å². The van der Waals surface area contributed by atoms with Crippen molar-refractivity contribution in [2.75, 3.05) is 0 Å². The maximum absolute atomic E-state index is 5.20. The number of hydrogen-bond acceptors (Lipinski definition) is 3. The molecule has 0 aliphatic carbocycles. The fourth-order valence-corrected chi connectivity index (χ4v) is 6.07. The number of nitrogens with zero attached hydrogens (tertiary/aromatic N) is 3. The molecule has 7 aromatic carbocycles. The Kier molecular flexibility index (Phi) is 7.92. The maximum atomic E-state index is 5.20.